The minimum atomic E-state index is 0. The van der Waals surface area contributed by atoms with Gasteiger partial charge in [-0.1, -0.05) is 37.2 Å². The molecule has 3 nitrogen and oxygen atoms in total. The van der Waals surface area contributed by atoms with Crippen molar-refractivity contribution in [2.45, 2.75) is 39.5 Å². The summed E-state index contributed by atoms with van der Waals surface area (Å²) in [5.41, 5.74) is 7.45. The molecule has 0 saturated carbocycles. The van der Waals surface area contributed by atoms with E-state index >= 15 is 0 Å². The molecule has 28 heavy (non-hydrogen) atoms. The van der Waals surface area contributed by atoms with Crippen LogP contribution in [0.4, 0.5) is 5.69 Å². The molecule has 2 N–H and O–H groups in total. The molecular formula is C24H26ClN3. The average molecular weight is 392 g/mol. The topological polar surface area (TPSA) is 40.7 Å². The van der Waals surface area contributed by atoms with E-state index in [0.717, 1.165) is 36.3 Å². The predicted octanol–water partition coefficient (Wildman–Crippen LogP) is 6.54. The number of H-pyrrole nitrogens is 1. The van der Waals surface area contributed by atoms with Gasteiger partial charge in [-0.05, 0) is 67.5 Å². The zero-order valence-corrected chi connectivity index (χ0v) is 15.9. The normalized spacial score (nSPS) is 13.3. The van der Waals surface area contributed by atoms with Crippen molar-refractivity contribution in [2.75, 3.05) is 11.9 Å². The summed E-state index contributed by atoms with van der Waals surface area (Å²) in [5.74, 6) is 0. The molecule has 0 saturated heterocycles. The first kappa shape index (κ1) is 18.8. The van der Waals surface area contributed by atoms with Crippen molar-refractivity contribution in [1.29, 1.82) is 0 Å². The van der Waals surface area contributed by atoms with E-state index in [0.29, 0.717) is 0 Å². The molecule has 2 heterocycles. The summed E-state index contributed by atoms with van der Waals surface area (Å²) in [4.78, 5) is 8.28. The summed E-state index contributed by atoms with van der Waals surface area (Å²) in [6.45, 7) is 0.899. The lowest BCUT2D eigenvalue weighted by molar-refractivity contribution is 0.672. The van der Waals surface area contributed by atoms with Crippen molar-refractivity contribution >= 4 is 39.1 Å². The van der Waals surface area contributed by atoms with E-state index in [9.17, 15) is 0 Å². The van der Waals surface area contributed by atoms with Crippen molar-refractivity contribution < 1.29 is 0 Å². The Labute approximate surface area is 171 Å². The lowest BCUT2D eigenvalue weighted by Crippen LogP contribution is -2.13. The van der Waals surface area contributed by atoms with Crippen molar-refractivity contribution in [3.8, 4) is 0 Å². The zero-order chi connectivity index (χ0) is 18.2. The monoisotopic (exact) mass is 391 g/mol. The van der Waals surface area contributed by atoms with Gasteiger partial charge in [0, 0.05) is 45.4 Å². The van der Waals surface area contributed by atoms with E-state index in [4.69, 9.17) is 16.6 Å². The van der Waals surface area contributed by atoms with Crippen molar-refractivity contribution in [3.05, 3.63) is 70.5 Å². The van der Waals surface area contributed by atoms with Gasteiger partial charge in [0.15, 0.2) is 0 Å². The number of rotatable bonds is 4. The predicted molar refractivity (Wildman–Crippen MR) is 121 cm³/mol. The van der Waals surface area contributed by atoms with Crippen LogP contribution in [0.25, 0.3) is 21.8 Å². The maximum Gasteiger partial charge on any atom is 0.0741 e. The van der Waals surface area contributed by atoms with Crippen LogP contribution >= 0.6 is 11.6 Å². The highest BCUT2D eigenvalue weighted by molar-refractivity contribution is 6.31. The minimum absolute atomic E-state index is 0. The number of aromatic nitrogens is 2. The second-order valence-electron chi connectivity index (χ2n) is 7.32. The van der Waals surface area contributed by atoms with Crippen molar-refractivity contribution in [1.82, 2.24) is 9.97 Å². The van der Waals surface area contributed by atoms with Crippen LogP contribution < -0.4 is 5.32 Å². The van der Waals surface area contributed by atoms with Crippen LogP contribution in [-0.4, -0.2) is 16.5 Å². The Morgan fingerprint density at radius 3 is 2.82 bits per heavy atom. The lowest BCUT2D eigenvalue weighted by Gasteiger charge is -2.22. The maximum atomic E-state index is 6.22. The van der Waals surface area contributed by atoms with E-state index < -0.39 is 0 Å². The highest BCUT2D eigenvalue weighted by Gasteiger charge is 2.18. The smallest absolute Gasteiger partial charge is 0.0741 e. The Hall–Kier alpha value is -2.52. The Morgan fingerprint density at radius 1 is 1.04 bits per heavy atom. The molecule has 1 aliphatic rings. The largest absolute Gasteiger partial charge is 0.384 e. The number of benzene rings is 2. The number of hydrogen-bond acceptors (Lipinski definition) is 2. The van der Waals surface area contributed by atoms with E-state index in [1.165, 1.54) is 51.6 Å². The van der Waals surface area contributed by atoms with Crippen molar-refractivity contribution in [3.63, 3.8) is 0 Å². The van der Waals surface area contributed by atoms with E-state index in [-0.39, 0.29) is 7.43 Å². The summed E-state index contributed by atoms with van der Waals surface area (Å²) in [6.07, 6.45) is 7.75. The fraction of sp³-hybridized carbons (Fsp3) is 0.292. The van der Waals surface area contributed by atoms with Crippen LogP contribution in [0.15, 0.2) is 48.7 Å². The molecule has 2 aromatic heterocycles. The van der Waals surface area contributed by atoms with Crippen LogP contribution in [0.3, 0.4) is 0 Å². The molecule has 0 unspecified atom stereocenters. The molecule has 4 heteroatoms. The Balaban J connectivity index is 0.00000192. The molecular weight excluding hydrogens is 366 g/mol. The third kappa shape index (κ3) is 3.35. The Bertz CT molecular complexity index is 1130. The third-order valence-electron chi connectivity index (χ3n) is 5.60. The second kappa shape index (κ2) is 7.84. The van der Waals surface area contributed by atoms with Gasteiger partial charge in [-0.25, -0.2) is 0 Å². The number of halogens is 1. The molecule has 0 aliphatic heterocycles. The summed E-state index contributed by atoms with van der Waals surface area (Å²) >= 11 is 6.22. The molecule has 5 rings (SSSR count). The molecule has 0 atom stereocenters. The fourth-order valence-electron chi connectivity index (χ4n) is 4.26. The van der Waals surface area contributed by atoms with Crippen LogP contribution in [0.1, 0.15) is 37.1 Å². The summed E-state index contributed by atoms with van der Waals surface area (Å²) in [6, 6.07) is 14.5. The Kier molecular flexibility index (Phi) is 5.27. The maximum absolute atomic E-state index is 6.22. The first-order chi connectivity index (χ1) is 13.3. The average Bonchev–Trinajstić information content (AvgIpc) is 3.10. The second-order valence-corrected chi connectivity index (χ2v) is 7.75. The van der Waals surface area contributed by atoms with E-state index in [1.807, 2.05) is 12.1 Å². The van der Waals surface area contributed by atoms with E-state index in [2.05, 4.69) is 46.8 Å². The van der Waals surface area contributed by atoms with Gasteiger partial charge in [-0.3, -0.25) is 4.98 Å². The first-order valence-corrected chi connectivity index (χ1v) is 10.1. The number of nitrogens with zero attached hydrogens (tertiary/aromatic N) is 1. The number of fused-ring (bicyclic) bond motifs is 3. The molecule has 0 amide bonds. The van der Waals surface area contributed by atoms with Crippen LogP contribution in [-0.2, 0) is 19.3 Å². The number of hydrogen-bond donors (Lipinski definition) is 2. The van der Waals surface area contributed by atoms with Gasteiger partial charge in [0.2, 0.25) is 0 Å². The van der Waals surface area contributed by atoms with Gasteiger partial charge in [-0.15, -0.1) is 0 Å². The number of para-hydroxylation sites is 1. The van der Waals surface area contributed by atoms with E-state index in [1.54, 1.807) is 0 Å². The summed E-state index contributed by atoms with van der Waals surface area (Å²) in [7, 11) is 0. The first-order valence-electron chi connectivity index (χ1n) is 9.69. The number of aromatic amines is 1. The number of aryl methyl sites for hydroxylation is 1. The Morgan fingerprint density at radius 2 is 1.89 bits per heavy atom. The fourth-order valence-corrected chi connectivity index (χ4v) is 4.43. The molecule has 0 bridgehead atoms. The van der Waals surface area contributed by atoms with Gasteiger partial charge in [-0.2, -0.15) is 0 Å². The highest BCUT2D eigenvalue weighted by atomic mass is 35.5. The molecule has 0 radical (unpaired) electrons. The quantitative estimate of drug-likeness (QED) is 0.414. The molecule has 0 fully saturated rings. The molecule has 0 spiro atoms. The van der Waals surface area contributed by atoms with Crippen LogP contribution in [0.5, 0.6) is 0 Å². The van der Waals surface area contributed by atoms with Gasteiger partial charge < -0.3 is 10.3 Å². The van der Waals surface area contributed by atoms with Crippen molar-refractivity contribution in [2.24, 2.45) is 0 Å². The SMILES string of the molecule is C.Clc1ccc2c(NCCc3c[nH]c4ccccc34)c3c(nc2c1)CCCC3. The van der Waals surface area contributed by atoms with Gasteiger partial charge in [0.05, 0.1) is 5.52 Å². The highest BCUT2D eigenvalue weighted by Crippen LogP contribution is 2.34. The minimum Gasteiger partial charge on any atom is -0.384 e. The number of nitrogens with one attached hydrogen (secondary N) is 2. The van der Waals surface area contributed by atoms with Gasteiger partial charge in [0.25, 0.3) is 0 Å². The summed E-state index contributed by atoms with van der Waals surface area (Å²) < 4.78 is 0. The van der Waals surface area contributed by atoms with Crippen LogP contribution in [0, 0.1) is 0 Å². The molecule has 144 valence electrons. The molecule has 2 aromatic carbocycles. The number of anilines is 1. The standard InChI is InChI=1S/C23H22ClN3.CH4/c24-16-9-10-19-22(13-16)27-21-8-4-2-6-18(21)23(19)25-12-11-15-14-26-20-7-3-1-5-17(15)20;/h1,3,5,7,9-10,13-14,26H,2,4,6,8,11-12H2,(H,25,27);1H4. The van der Waals surface area contributed by atoms with Gasteiger partial charge >= 0.3 is 0 Å². The van der Waals surface area contributed by atoms with Crippen LogP contribution in [0.2, 0.25) is 5.02 Å². The molecule has 4 aromatic rings. The third-order valence-corrected chi connectivity index (χ3v) is 5.83. The lowest BCUT2D eigenvalue weighted by atomic mass is 9.92. The molecule has 1 aliphatic carbocycles. The number of pyridine rings is 1. The van der Waals surface area contributed by atoms with Gasteiger partial charge in [0.1, 0.15) is 0 Å². The zero-order valence-electron chi connectivity index (χ0n) is 15.2. The summed E-state index contributed by atoms with van der Waals surface area (Å²) in [5, 5.41) is 6.98.